The second-order valence-electron chi connectivity index (χ2n) is 13.5. The lowest BCUT2D eigenvalue weighted by Crippen LogP contribution is -2.57. The van der Waals surface area contributed by atoms with Gasteiger partial charge in [0.05, 0.1) is 18.6 Å². The van der Waals surface area contributed by atoms with Gasteiger partial charge in [0.25, 0.3) is 0 Å². The molecule has 13 heteroatoms. The summed E-state index contributed by atoms with van der Waals surface area (Å²) >= 11 is 0. The molecule has 5 amide bonds. The van der Waals surface area contributed by atoms with Crippen LogP contribution in [0.15, 0.2) is 0 Å². The summed E-state index contributed by atoms with van der Waals surface area (Å²) in [5, 5.41) is 33.8. The predicted octanol–water partition coefficient (Wildman–Crippen LogP) is 1.37. The topological polar surface area (TPSA) is 203 Å². The Morgan fingerprint density at radius 1 is 0.733 bits per heavy atom. The van der Waals surface area contributed by atoms with Crippen LogP contribution in [0.5, 0.6) is 0 Å². The minimum absolute atomic E-state index is 0.0176. The highest BCUT2D eigenvalue weighted by molar-refractivity contribution is 5.92. The van der Waals surface area contributed by atoms with E-state index in [1.165, 1.54) is 0 Å². The highest BCUT2D eigenvalue weighted by Crippen LogP contribution is 2.35. The van der Waals surface area contributed by atoms with E-state index < -0.39 is 59.9 Å². The molecule has 2 saturated carbocycles. The highest BCUT2D eigenvalue weighted by Gasteiger charge is 2.36. The molecule has 0 heterocycles. The summed E-state index contributed by atoms with van der Waals surface area (Å²) in [4.78, 5) is 75.6. The van der Waals surface area contributed by atoms with E-state index in [0.717, 1.165) is 25.7 Å². The summed E-state index contributed by atoms with van der Waals surface area (Å²) in [6, 6.07) is -3.28. The van der Waals surface area contributed by atoms with Gasteiger partial charge in [-0.15, -0.1) is 0 Å². The van der Waals surface area contributed by atoms with Crippen molar-refractivity contribution >= 4 is 35.5 Å². The molecular formula is C32H55N5O8. The summed E-state index contributed by atoms with van der Waals surface area (Å²) in [7, 11) is 0. The number of aliphatic carboxylic acids is 1. The van der Waals surface area contributed by atoms with E-state index in [1.807, 2.05) is 27.7 Å². The number of hydrogen-bond donors (Lipinski definition) is 7. The van der Waals surface area contributed by atoms with Crippen molar-refractivity contribution in [2.24, 2.45) is 23.7 Å². The van der Waals surface area contributed by atoms with Crippen LogP contribution in [0.1, 0.15) is 105 Å². The Morgan fingerprint density at radius 2 is 1.29 bits per heavy atom. The monoisotopic (exact) mass is 637 g/mol. The lowest BCUT2D eigenvalue weighted by Gasteiger charge is -2.29. The molecule has 0 bridgehead atoms. The standard InChI is InChI=1S/C32H55N5O8/c1-6-33-32(45)29(19(4)5)37-27(40)17-25(38)22(14-18(2)3)35-31(44)24(16-21-12-13-21)36-30(43)23(15-20-10-11-20)34-26(39)8-7-9-28(41)42/h18-25,29,38H,6-17H2,1-5H3,(H,33,45)(H,34,39)(H,35,44)(H,36,43)(H,37,40)(H,41,42)/t22-,23-,24-,25-,29-/m0/s1. The molecule has 13 nitrogen and oxygen atoms in total. The van der Waals surface area contributed by atoms with Gasteiger partial charge in [-0.2, -0.15) is 0 Å². The normalized spacial score (nSPS) is 17.9. The summed E-state index contributed by atoms with van der Waals surface area (Å²) in [6.07, 6.45) is 3.45. The van der Waals surface area contributed by atoms with E-state index in [1.54, 1.807) is 6.92 Å². The van der Waals surface area contributed by atoms with Crippen LogP contribution in [0, 0.1) is 23.7 Å². The molecule has 0 aromatic rings. The van der Waals surface area contributed by atoms with Crippen molar-refractivity contribution < 1.29 is 39.0 Å². The van der Waals surface area contributed by atoms with Gasteiger partial charge in [-0.05, 0) is 56.3 Å². The van der Waals surface area contributed by atoms with E-state index in [9.17, 15) is 33.9 Å². The Morgan fingerprint density at radius 3 is 1.78 bits per heavy atom. The van der Waals surface area contributed by atoms with Gasteiger partial charge < -0.3 is 36.8 Å². The second kappa shape index (κ2) is 18.7. The Hall–Kier alpha value is -3.22. The van der Waals surface area contributed by atoms with Crippen molar-refractivity contribution in [2.45, 2.75) is 136 Å². The average Bonchev–Trinajstić information content (AvgIpc) is 3.87. The number of carbonyl (C=O) groups is 6. The molecular weight excluding hydrogens is 582 g/mol. The zero-order valence-corrected chi connectivity index (χ0v) is 27.5. The SMILES string of the molecule is CCNC(=O)[C@@H](NC(=O)C[C@H](O)[C@H](CC(C)C)NC(=O)[C@H](CC1CC1)NC(=O)[C@H](CC1CC1)NC(=O)CCCC(=O)O)C(C)C. The summed E-state index contributed by atoms with van der Waals surface area (Å²) in [6.45, 7) is 9.69. The molecule has 2 aliphatic rings. The molecule has 0 saturated heterocycles. The first-order valence-corrected chi connectivity index (χ1v) is 16.6. The molecule has 0 unspecified atom stereocenters. The van der Waals surface area contributed by atoms with E-state index in [2.05, 4.69) is 26.6 Å². The number of rotatable bonds is 22. The summed E-state index contributed by atoms with van der Waals surface area (Å²) < 4.78 is 0. The van der Waals surface area contributed by atoms with Crippen molar-refractivity contribution in [3.05, 3.63) is 0 Å². The first-order valence-electron chi connectivity index (χ1n) is 16.6. The number of amides is 5. The van der Waals surface area contributed by atoms with E-state index in [-0.39, 0.29) is 49.3 Å². The van der Waals surface area contributed by atoms with Crippen LogP contribution < -0.4 is 26.6 Å². The van der Waals surface area contributed by atoms with Crippen LogP contribution in [-0.4, -0.2) is 82.5 Å². The third kappa shape index (κ3) is 15.1. The number of carboxylic acids is 1. The third-order valence-electron chi connectivity index (χ3n) is 8.14. The highest BCUT2D eigenvalue weighted by atomic mass is 16.4. The Bertz CT molecular complexity index is 1030. The molecule has 0 aliphatic heterocycles. The van der Waals surface area contributed by atoms with Crippen LogP contribution in [0.25, 0.3) is 0 Å². The molecule has 0 spiro atoms. The maximum atomic E-state index is 13.6. The Labute approximate surface area is 266 Å². The molecule has 45 heavy (non-hydrogen) atoms. The fourth-order valence-electron chi connectivity index (χ4n) is 5.26. The van der Waals surface area contributed by atoms with Gasteiger partial charge in [-0.3, -0.25) is 28.8 Å². The third-order valence-corrected chi connectivity index (χ3v) is 8.14. The zero-order valence-electron chi connectivity index (χ0n) is 27.5. The molecule has 256 valence electrons. The quantitative estimate of drug-likeness (QED) is 0.0922. The molecule has 0 radical (unpaired) electrons. The van der Waals surface area contributed by atoms with Crippen molar-refractivity contribution in [1.29, 1.82) is 0 Å². The largest absolute Gasteiger partial charge is 0.481 e. The zero-order chi connectivity index (χ0) is 33.7. The minimum atomic E-state index is -1.23. The first-order chi connectivity index (χ1) is 21.2. The predicted molar refractivity (Wildman–Crippen MR) is 167 cm³/mol. The van der Waals surface area contributed by atoms with Crippen LogP contribution in [0.2, 0.25) is 0 Å². The van der Waals surface area contributed by atoms with Gasteiger partial charge in [-0.25, -0.2) is 0 Å². The van der Waals surface area contributed by atoms with Gasteiger partial charge in [0.1, 0.15) is 18.1 Å². The number of carboxylic acid groups (broad SMARTS) is 1. The number of carbonyl (C=O) groups excluding carboxylic acids is 5. The molecule has 0 aromatic carbocycles. The Kier molecular flexibility index (Phi) is 15.8. The van der Waals surface area contributed by atoms with Crippen LogP contribution in [0.3, 0.4) is 0 Å². The number of aliphatic hydroxyl groups is 1. The summed E-state index contributed by atoms with van der Waals surface area (Å²) in [5.74, 6) is -2.70. The van der Waals surface area contributed by atoms with Crippen LogP contribution in [0.4, 0.5) is 0 Å². The number of hydrogen-bond acceptors (Lipinski definition) is 7. The molecule has 2 fully saturated rings. The fourth-order valence-corrected chi connectivity index (χ4v) is 5.26. The lowest BCUT2D eigenvalue weighted by molar-refractivity contribution is -0.137. The molecule has 0 aromatic heterocycles. The van der Waals surface area contributed by atoms with E-state index in [4.69, 9.17) is 5.11 Å². The molecule has 5 atom stereocenters. The van der Waals surface area contributed by atoms with Crippen LogP contribution in [-0.2, 0) is 28.8 Å². The number of aliphatic hydroxyl groups excluding tert-OH is 1. The van der Waals surface area contributed by atoms with Crippen molar-refractivity contribution in [3.8, 4) is 0 Å². The summed E-state index contributed by atoms with van der Waals surface area (Å²) in [5.41, 5.74) is 0. The van der Waals surface area contributed by atoms with Gasteiger partial charge in [-0.1, -0.05) is 53.4 Å². The van der Waals surface area contributed by atoms with Gasteiger partial charge >= 0.3 is 5.97 Å². The Balaban J connectivity index is 2.08. The maximum absolute atomic E-state index is 13.6. The fraction of sp³-hybridized carbons (Fsp3) is 0.812. The minimum Gasteiger partial charge on any atom is -0.481 e. The van der Waals surface area contributed by atoms with Crippen molar-refractivity contribution in [1.82, 2.24) is 26.6 Å². The number of likely N-dealkylation sites (N-methyl/N-ethyl adjacent to an activating group) is 1. The average molecular weight is 638 g/mol. The molecule has 7 N–H and O–H groups in total. The van der Waals surface area contributed by atoms with Gasteiger partial charge in [0, 0.05) is 19.4 Å². The molecule has 2 aliphatic carbocycles. The van der Waals surface area contributed by atoms with Gasteiger partial charge in [0.15, 0.2) is 0 Å². The number of nitrogens with one attached hydrogen (secondary N) is 5. The first kappa shape index (κ1) is 38.0. The van der Waals surface area contributed by atoms with Crippen LogP contribution >= 0.6 is 0 Å². The van der Waals surface area contributed by atoms with Gasteiger partial charge in [0.2, 0.25) is 29.5 Å². The van der Waals surface area contributed by atoms with Crippen molar-refractivity contribution in [3.63, 3.8) is 0 Å². The maximum Gasteiger partial charge on any atom is 0.303 e. The smallest absolute Gasteiger partial charge is 0.303 e. The van der Waals surface area contributed by atoms with Crippen molar-refractivity contribution in [2.75, 3.05) is 6.54 Å². The van der Waals surface area contributed by atoms with E-state index >= 15 is 0 Å². The lowest BCUT2D eigenvalue weighted by atomic mass is 9.95. The molecule has 2 rings (SSSR count). The second-order valence-corrected chi connectivity index (χ2v) is 13.5. The van der Waals surface area contributed by atoms with E-state index in [0.29, 0.717) is 31.7 Å².